The number of esters is 2. The maximum atomic E-state index is 12.3. The number of carboxylic acids is 1. The number of unbranched alkanes of at least 4 members (excludes halogenated alkanes) is 8. The number of carbonyl (C=O) groups is 3. The fourth-order valence-electron chi connectivity index (χ4n) is 3.19. The van der Waals surface area contributed by atoms with Crippen molar-refractivity contribution in [3.05, 3.63) is 0 Å². The molecule has 1 saturated heterocycles. The van der Waals surface area contributed by atoms with Crippen LogP contribution in [0.5, 0.6) is 0 Å². The minimum Gasteiger partial charge on any atom is -0.481 e. The predicted molar refractivity (Wildman–Crippen MR) is 110 cm³/mol. The lowest BCUT2D eigenvalue weighted by Crippen LogP contribution is -2.25. The van der Waals surface area contributed by atoms with E-state index < -0.39 is 5.97 Å². The maximum absolute atomic E-state index is 12.3. The summed E-state index contributed by atoms with van der Waals surface area (Å²) in [5.74, 6) is 0.192. The fourth-order valence-corrected chi connectivity index (χ4v) is 4.25. The van der Waals surface area contributed by atoms with Crippen LogP contribution in [-0.2, 0) is 23.9 Å². The summed E-state index contributed by atoms with van der Waals surface area (Å²) in [4.78, 5) is 34.3. The third-order valence-electron chi connectivity index (χ3n) is 4.84. The van der Waals surface area contributed by atoms with Gasteiger partial charge in [-0.3, -0.25) is 14.4 Å². The van der Waals surface area contributed by atoms with Gasteiger partial charge in [-0.05, 0) is 19.8 Å². The van der Waals surface area contributed by atoms with Gasteiger partial charge < -0.3 is 14.6 Å². The lowest BCUT2D eigenvalue weighted by atomic mass is 10.0. The van der Waals surface area contributed by atoms with Crippen LogP contribution in [0.3, 0.4) is 0 Å². The number of ether oxygens (including phenoxy) is 2. The quantitative estimate of drug-likeness (QED) is 0.367. The molecule has 0 aromatic rings. The number of hydrogen-bond donors (Lipinski definition) is 1. The Kier molecular flexibility index (Phi) is 13.9. The summed E-state index contributed by atoms with van der Waals surface area (Å²) in [6.07, 6.45) is 10.9. The second-order valence-corrected chi connectivity index (χ2v) is 8.72. The van der Waals surface area contributed by atoms with Crippen LogP contribution in [0.2, 0.25) is 0 Å². The molecule has 1 N–H and O–H groups in total. The van der Waals surface area contributed by atoms with Crippen LogP contribution in [-0.4, -0.2) is 47.2 Å². The first kappa shape index (κ1) is 24.8. The highest BCUT2D eigenvalue weighted by Crippen LogP contribution is 2.20. The van der Waals surface area contributed by atoms with Gasteiger partial charge in [0.05, 0.1) is 12.3 Å². The van der Waals surface area contributed by atoms with Gasteiger partial charge in [0.2, 0.25) is 0 Å². The molecule has 1 rings (SSSR count). The Bertz CT molecular complexity index is 468. The topological polar surface area (TPSA) is 89.9 Å². The molecule has 0 spiro atoms. The number of carbonyl (C=O) groups excluding carboxylic acids is 2. The van der Waals surface area contributed by atoms with Crippen LogP contribution in [0, 0.1) is 5.92 Å². The molecular formula is C21H36O6S. The van der Waals surface area contributed by atoms with E-state index in [4.69, 9.17) is 14.6 Å². The van der Waals surface area contributed by atoms with Crippen molar-refractivity contribution in [2.24, 2.45) is 5.92 Å². The fraction of sp³-hybridized carbons (Fsp3) is 0.857. The molecule has 0 aromatic heterocycles. The minimum absolute atomic E-state index is 0.0976. The molecule has 162 valence electrons. The standard InChI is InChI=1S/C21H36O6S/c1-17-15-26-21(25)18(16-28-14-13-20(24)27-17)11-9-7-5-3-2-4-6-8-10-12-19(22)23/h17-18H,2-16H2,1H3,(H,22,23). The average Bonchev–Trinajstić information content (AvgIpc) is 2.67. The van der Waals surface area contributed by atoms with Crippen LogP contribution in [0.25, 0.3) is 0 Å². The van der Waals surface area contributed by atoms with Gasteiger partial charge in [0.15, 0.2) is 0 Å². The molecule has 2 unspecified atom stereocenters. The van der Waals surface area contributed by atoms with E-state index in [0.29, 0.717) is 17.9 Å². The Hall–Kier alpha value is -1.24. The van der Waals surface area contributed by atoms with Crippen molar-refractivity contribution in [3.63, 3.8) is 0 Å². The number of thioether (sulfide) groups is 1. The summed E-state index contributed by atoms with van der Waals surface area (Å²) in [7, 11) is 0. The highest BCUT2D eigenvalue weighted by molar-refractivity contribution is 7.99. The zero-order valence-electron chi connectivity index (χ0n) is 17.2. The Labute approximate surface area is 173 Å². The molecule has 1 aliphatic rings. The first-order chi connectivity index (χ1) is 13.5. The summed E-state index contributed by atoms with van der Waals surface area (Å²) >= 11 is 1.62. The van der Waals surface area contributed by atoms with E-state index in [1.165, 1.54) is 25.7 Å². The van der Waals surface area contributed by atoms with Crippen molar-refractivity contribution in [2.75, 3.05) is 18.1 Å². The maximum Gasteiger partial charge on any atom is 0.309 e. The third kappa shape index (κ3) is 13.0. The van der Waals surface area contributed by atoms with Gasteiger partial charge in [-0.1, -0.05) is 51.4 Å². The molecule has 0 aliphatic carbocycles. The first-order valence-corrected chi connectivity index (χ1v) is 11.8. The second-order valence-electron chi connectivity index (χ2n) is 7.57. The van der Waals surface area contributed by atoms with E-state index in [9.17, 15) is 14.4 Å². The third-order valence-corrected chi connectivity index (χ3v) is 5.97. The molecule has 0 bridgehead atoms. The summed E-state index contributed by atoms with van der Waals surface area (Å²) in [5.41, 5.74) is 0. The van der Waals surface area contributed by atoms with Gasteiger partial charge in [-0.15, -0.1) is 0 Å². The molecule has 2 atom stereocenters. The summed E-state index contributed by atoms with van der Waals surface area (Å²) in [6.45, 7) is 1.88. The molecule has 0 radical (unpaired) electrons. The number of aliphatic carboxylic acids is 1. The molecule has 0 aromatic carbocycles. The van der Waals surface area contributed by atoms with Crippen LogP contribution < -0.4 is 0 Å². The Balaban J connectivity index is 2.10. The predicted octanol–water partition coefficient (Wildman–Crippen LogP) is 4.59. The van der Waals surface area contributed by atoms with Crippen molar-refractivity contribution in [1.82, 2.24) is 0 Å². The Morgan fingerprint density at radius 2 is 1.64 bits per heavy atom. The number of rotatable bonds is 12. The van der Waals surface area contributed by atoms with Gasteiger partial charge >= 0.3 is 17.9 Å². The molecule has 1 heterocycles. The van der Waals surface area contributed by atoms with Crippen molar-refractivity contribution >= 4 is 29.7 Å². The van der Waals surface area contributed by atoms with Crippen molar-refractivity contribution in [2.45, 2.75) is 90.1 Å². The monoisotopic (exact) mass is 416 g/mol. The van der Waals surface area contributed by atoms with Gasteiger partial charge in [-0.25, -0.2) is 0 Å². The van der Waals surface area contributed by atoms with Gasteiger partial charge in [0, 0.05) is 17.9 Å². The SMILES string of the molecule is CC1COC(=O)C(CCCCCCCCCCCC(=O)O)CSCCC(=O)O1. The zero-order chi connectivity index (χ0) is 20.6. The lowest BCUT2D eigenvalue weighted by Gasteiger charge is -2.16. The highest BCUT2D eigenvalue weighted by Gasteiger charge is 2.22. The Morgan fingerprint density at radius 1 is 1.04 bits per heavy atom. The van der Waals surface area contributed by atoms with Crippen LogP contribution in [0.15, 0.2) is 0 Å². The van der Waals surface area contributed by atoms with E-state index in [-0.39, 0.29) is 37.0 Å². The van der Waals surface area contributed by atoms with Gasteiger partial charge in [0.25, 0.3) is 0 Å². The van der Waals surface area contributed by atoms with Crippen LogP contribution in [0.4, 0.5) is 0 Å². The largest absolute Gasteiger partial charge is 0.481 e. The van der Waals surface area contributed by atoms with Gasteiger partial charge in [-0.2, -0.15) is 11.8 Å². The van der Waals surface area contributed by atoms with Crippen molar-refractivity contribution < 1.29 is 29.0 Å². The molecule has 7 heteroatoms. The van der Waals surface area contributed by atoms with E-state index in [1.807, 2.05) is 0 Å². The van der Waals surface area contributed by atoms with Crippen LogP contribution in [0.1, 0.15) is 84.0 Å². The van der Waals surface area contributed by atoms with Crippen molar-refractivity contribution in [3.8, 4) is 0 Å². The van der Waals surface area contributed by atoms with Crippen molar-refractivity contribution in [1.29, 1.82) is 0 Å². The minimum atomic E-state index is -0.704. The molecule has 1 fully saturated rings. The molecule has 1 aliphatic heterocycles. The molecule has 6 nitrogen and oxygen atoms in total. The number of cyclic esters (lactones) is 2. The molecule has 28 heavy (non-hydrogen) atoms. The molecular weight excluding hydrogens is 380 g/mol. The zero-order valence-corrected chi connectivity index (χ0v) is 18.0. The lowest BCUT2D eigenvalue weighted by molar-refractivity contribution is -0.159. The summed E-state index contributed by atoms with van der Waals surface area (Å²) in [6, 6.07) is 0. The number of carboxylic acid groups (broad SMARTS) is 1. The normalized spacial score (nSPS) is 21.5. The summed E-state index contributed by atoms with van der Waals surface area (Å²) in [5, 5.41) is 8.59. The second kappa shape index (κ2) is 15.7. The van der Waals surface area contributed by atoms with E-state index in [0.717, 1.165) is 38.5 Å². The van der Waals surface area contributed by atoms with E-state index in [2.05, 4.69) is 0 Å². The Morgan fingerprint density at radius 3 is 2.29 bits per heavy atom. The molecule has 0 saturated carbocycles. The van der Waals surface area contributed by atoms with Crippen LogP contribution >= 0.6 is 11.8 Å². The average molecular weight is 417 g/mol. The highest BCUT2D eigenvalue weighted by atomic mass is 32.2. The van der Waals surface area contributed by atoms with E-state index in [1.54, 1.807) is 18.7 Å². The smallest absolute Gasteiger partial charge is 0.309 e. The first-order valence-electron chi connectivity index (χ1n) is 10.6. The summed E-state index contributed by atoms with van der Waals surface area (Å²) < 4.78 is 10.5. The van der Waals surface area contributed by atoms with Gasteiger partial charge in [0.1, 0.15) is 12.7 Å². The van der Waals surface area contributed by atoms with E-state index >= 15 is 0 Å². The molecule has 0 amide bonds. The number of hydrogen-bond acceptors (Lipinski definition) is 6.